The Morgan fingerprint density at radius 1 is 0.950 bits per heavy atom. The Labute approximate surface area is 126 Å². The summed E-state index contributed by atoms with van der Waals surface area (Å²) in [6, 6.07) is 0.0966. The monoisotopic (exact) mass is 284 g/mol. The highest BCUT2D eigenvalue weighted by Gasteiger charge is 2.52. The van der Waals surface area contributed by atoms with Crippen LogP contribution in [-0.4, -0.2) is 41.8 Å². The van der Waals surface area contributed by atoms with Gasteiger partial charge in [-0.25, -0.2) is 0 Å². The van der Waals surface area contributed by atoms with E-state index < -0.39 is 0 Å². The summed E-state index contributed by atoms with van der Waals surface area (Å²) in [7, 11) is 0. The van der Waals surface area contributed by atoms with Gasteiger partial charge in [0, 0.05) is 31.6 Å². The molecule has 3 heteroatoms. The molecule has 3 nitrogen and oxygen atoms in total. The van der Waals surface area contributed by atoms with Gasteiger partial charge in [-0.05, 0) is 39.5 Å². The van der Waals surface area contributed by atoms with Crippen molar-refractivity contribution in [2.45, 2.75) is 72.6 Å². The predicted octanol–water partition coefficient (Wildman–Crippen LogP) is 3.13. The Morgan fingerprint density at radius 2 is 1.40 bits per heavy atom. The second-order valence-electron chi connectivity index (χ2n) is 8.45. The summed E-state index contributed by atoms with van der Waals surface area (Å²) in [5.74, 6) is 1.75. The highest BCUT2D eigenvalue weighted by molar-refractivity contribution is 5.04. The van der Waals surface area contributed by atoms with Crippen LogP contribution >= 0.6 is 0 Å². The molecule has 0 bridgehead atoms. The molecule has 2 N–H and O–H groups in total. The van der Waals surface area contributed by atoms with Gasteiger partial charge in [-0.1, -0.05) is 27.7 Å². The van der Waals surface area contributed by atoms with E-state index in [0.717, 1.165) is 19.6 Å². The van der Waals surface area contributed by atoms with Crippen LogP contribution < -0.4 is 5.73 Å². The van der Waals surface area contributed by atoms with Crippen LogP contribution in [0.3, 0.4) is 0 Å². The van der Waals surface area contributed by atoms with Crippen LogP contribution in [0.15, 0.2) is 0 Å². The third kappa shape index (κ3) is 4.44. The third-order valence-electron chi connectivity index (χ3n) is 4.36. The fourth-order valence-corrected chi connectivity index (χ4v) is 3.61. The van der Waals surface area contributed by atoms with E-state index in [1.54, 1.807) is 0 Å². The van der Waals surface area contributed by atoms with E-state index in [0.29, 0.717) is 17.8 Å². The number of nitrogens with zero attached hydrogens (tertiary/aromatic N) is 1. The molecular weight excluding hydrogens is 248 g/mol. The van der Waals surface area contributed by atoms with E-state index in [-0.39, 0.29) is 17.2 Å². The lowest BCUT2D eigenvalue weighted by molar-refractivity contribution is -0.0788. The topological polar surface area (TPSA) is 38.5 Å². The Morgan fingerprint density at radius 3 is 1.70 bits per heavy atom. The van der Waals surface area contributed by atoms with Crippen molar-refractivity contribution >= 4 is 0 Å². The first-order chi connectivity index (χ1) is 8.95. The molecule has 2 unspecified atom stereocenters. The lowest BCUT2D eigenvalue weighted by Gasteiger charge is -2.34. The normalized spacial score (nSPS) is 28.8. The number of hydrogen-bond donors (Lipinski definition) is 1. The van der Waals surface area contributed by atoms with Gasteiger partial charge in [0.15, 0.2) is 0 Å². The van der Waals surface area contributed by atoms with Crippen LogP contribution in [0.4, 0.5) is 0 Å². The smallest absolute Gasteiger partial charge is 0.0788 e. The quantitative estimate of drug-likeness (QED) is 0.814. The molecule has 120 valence electrons. The number of hydrogen-bond acceptors (Lipinski definition) is 3. The summed E-state index contributed by atoms with van der Waals surface area (Å²) in [4.78, 5) is 2.58. The first-order valence-corrected chi connectivity index (χ1v) is 8.14. The summed E-state index contributed by atoms with van der Waals surface area (Å²) < 4.78 is 6.22. The van der Waals surface area contributed by atoms with E-state index in [9.17, 15) is 0 Å². The zero-order valence-electron chi connectivity index (χ0n) is 14.9. The van der Waals surface area contributed by atoms with Crippen molar-refractivity contribution < 1.29 is 4.74 Å². The first-order valence-electron chi connectivity index (χ1n) is 8.14. The SMILES string of the molecule is CC(C)CN(CC(C)C)CC1C(N)C(C)(C)OC1(C)C. The molecule has 1 aliphatic heterocycles. The van der Waals surface area contributed by atoms with Crippen LogP contribution in [0.25, 0.3) is 0 Å². The second-order valence-corrected chi connectivity index (χ2v) is 8.45. The summed E-state index contributed by atoms with van der Waals surface area (Å²) in [5, 5.41) is 0. The van der Waals surface area contributed by atoms with Crippen LogP contribution in [0, 0.1) is 17.8 Å². The molecule has 0 aromatic carbocycles. The molecule has 0 aromatic rings. The van der Waals surface area contributed by atoms with Crippen LogP contribution in [0.2, 0.25) is 0 Å². The molecule has 1 saturated heterocycles. The molecule has 2 atom stereocenters. The molecule has 20 heavy (non-hydrogen) atoms. The largest absolute Gasteiger partial charge is 0.368 e. The predicted molar refractivity (Wildman–Crippen MR) is 86.8 cm³/mol. The number of rotatable bonds is 6. The molecular formula is C17H36N2O. The molecule has 0 aromatic heterocycles. The molecule has 0 radical (unpaired) electrons. The molecule has 1 aliphatic rings. The lowest BCUT2D eigenvalue weighted by atomic mass is 9.82. The van der Waals surface area contributed by atoms with E-state index in [1.807, 2.05) is 0 Å². The Kier molecular flexibility index (Phi) is 5.67. The zero-order chi connectivity index (χ0) is 15.7. The van der Waals surface area contributed by atoms with Crippen molar-refractivity contribution in [3.05, 3.63) is 0 Å². The lowest BCUT2D eigenvalue weighted by Crippen LogP contribution is -2.49. The fraction of sp³-hybridized carbons (Fsp3) is 1.00. The Bertz CT molecular complexity index is 300. The minimum Gasteiger partial charge on any atom is -0.368 e. The first kappa shape index (κ1) is 17.9. The average molecular weight is 284 g/mol. The summed E-state index contributed by atoms with van der Waals surface area (Å²) in [6.07, 6.45) is 0. The molecule has 0 amide bonds. The maximum absolute atomic E-state index is 6.49. The third-order valence-corrected chi connectivity index (χ3v) is 4.36. The van der Waals surface area contributed by atoms with Crippen molar-refractivity contribution in [2.24, 2.45) is 23.5 Å². The van der Waals surface area contributed by atoms with Gasteiger partial charge in [0.25, 0.3) is 0 Å². The van der Waals surface area contributed by atoms with Crippen LogP contribution in [-0.2, 0) is 4.74 Å². The standard InChI is InChI=1S/C17H36N2O/c1-12(2)9-19(10-13(3)4)11-14-15(18)17(7,8)20-16(14,5)6/h12-15H,9-11,18H2,1-8H3. The maximum Gasteiger partial charge on any atom is 0.0788 e. The van der Waals surface area contributed by atoms with E-state index >= 15 is 0 Å². The van der Waals surface area contributed by atoms with Crippen molar-refractivity contribution in [3.8, 4) is 0 Å². The maximum atomic E-state index is 6.49. The minimum atomic E-state index is -0.227. The van der Waals surface area contributed by atoms with Crippen molar-refractivity contribution in [3.63, 3.8) is 0 Å². The molecule has 1 rings (SSSR count). The van der Waals surface area contributed by atoms with Crippen molar-refractivity contribution in [2.75, 3.05) is 19.6 Å². The van der Waals surface area contributed by atoms with Gasteiger partial charge in [-0.15, -0.1) is 0 Å². The van der Waals surface area contributed by atoms with Gasteiger partial charge in [-0.3, -0.25) is 0 Å². The highest BCUT2D eigenvalue weighted by atomic mass is 16.5. The minimum absolute atomic E-state index is 0.0966. The summed E-state index contributed by atoms with van der Waals surface area (Å²) >= 11 is 0. The zero-order valence-corrected chi connectivity index (χ0v) is 14.9. The molecule has 0 spiro atoms. The Balaban J connectivity index is 2.80. The van der Waals surface area contributed by atoms with Gasteiger partial charge < -0.3 is 15.4 Å². The van der Waals surface area contributed by atoms with Crippen molar-refractivity contribution in [1.29, 1.82) is 0 Å². The molecule has 0 saturated carbocycles. The van der Waals surface area contributed by atoms with Gasteiger partial charge >= 0.3 is 0 Å². The highest BCUT2D eigenvalue weighted by Crippen LogP contribution is 2.41. The van der Waals surface area contributed by atoms with E-state index in [1.165, 1.54) is 0 Å². The van der Waals surface area contributed by atoms with Gasteiger partial charge in [0.1, 0.15) is 0 Å². The van der Waals surface area contributed by atoms with Gasteiger partial charge in [0.2, 0.25) is 0 Å². The molecule has 0 aliphatic carbocycles. The summed E-state index contributed by atoms with van der Waals surface area (Å²) in [5.41, 5.74) is 6.12. The number of ether oxygens (including phenoxy) is 1. The molecule has 1 heterocycles. The molecule has 1 fully saturated rings. The number of nitrogens with two attached hydrogens (primary N) is 1. The average Bonchev–Trinajstić information content (AvgIpc) is 2.34. The van der Waals surface area contributed by atoms with E-state index in [4.69, 9.17) is 10.5 Å². The van der Waals surface area contributed by atoms with Crippen LogP contribution in [0.1, 0.15) is 55.4 Å². The second kappa shape index (κ2) is 6.33. The summed E-state index contributed by atoms with van der Waals surface area (Å²) in [6.45, 7) is 21.1. The fourth-order valence-electron chi connectivity index (χ4n) is 3.61. The van der Waals surface area contributed by atoms with E-state index in [2.05, 4.69) is 60.3 Å². The van der Waals surface area contributed by atoms with Crippen molar-refractivity contribution in [1.82, 2.24) is 4.90 Å². The van der Waals surface area contributed by atoms with Gasteiger partial charge in [-0.2, -0.15) is 0 Å². The van der Waals surface area contributed by atoms with Crippen LogP contribution in [0.5, 0.6) is 0 Å². The Hall–Kier alpha value is -0.120. The van der Waals surface area contributed by atoms with Gasteiger partial charge in [0.05, 0.1) is 11.2 Å².